The summed E-state index contributed by atoms with van der Waals surface area (Å²) in [6, 6.07) is -0.691. The van der Waals surface area contributed by atoms with E-state index in [9.17, 15) is 14.4 Å². The second-order valence-electron chi connectivity index (χ2n) is 4.11. The van der Waals surface area contributed by atoms with Gasteiger partial charge >= 0.3 is 5.97 Å². The van der Waals surface area contributed by atoms with Crippen LogP contribution in [0.25, 0.3) is 0 Å². The summed E-state index contributed by atoms with van der Waals surface area (Å²) in [5, 5.41) is 11.1. The lowest BCUT2D eigenvalue weighted by molar-refractivity contribution is -0.150. The van der Waals surface area contributed by atoms with Crippen molar-refractivity contribution in [3.05, 3.63) is 0 Å². The fourth-order valence-corrected chi connectivity index (χ4v) is 1.39. The minimum absolute atomic E-state index is 0.0199. The molecule has 1 unspecified atom stereocenters. The van der Waals surface area contributed by atoms with E-state index in [2.05, 4.69) is 5.32 Å². The van der Waals surface area contributed by atoms with Crippen LogP contribution in [0, 0.1) is 0 Å². The lowest BCUT2D eigenvalue weighted by Crippen LogP contribution is -2.54. The highest BCUT2D eigenvalue weighted by molar-refractivity contribution is 6.05. The molecule has 1 aliphatic heterocycles. The first-order chi connectivity index (χ1) is 6.76. The lowest BCUT2D eigenvalue weighted by Gasteiger charge is -2.34. The Bertz CT molecular complexity index is 324. The number of aliphatic carboxylic acids is 1. The summed E-state index contributed by atoms with van der Waals surface area (Å²) in [4.78, 5) is 34.6. The average molecular weight is 214 g/mol. The summed E-state index contributed by atoms with van der Waals surface area (Å²) in [5.74, 6) is -1.83. The van der Waals surface area contributed by atoms with Crippen LogP contribution in [0.2, 0.25) is 0 Å². The van der Waals surface area contributed by atoms with Crippen LogP contribution in [0.4, 0.5) is 0 Å². The predicted octanol–water partition coefficient (Wildman–Crippen LogP) is -0.803. The van der Waals surface area contributed by atoms with Crippen LogP contribution >= 0.6 is 0 Å². The van der Waals surface area contributed by atoms with E-state index in [0.717, 1.165) is 0 Å². The number of carbonyl (C=O) groups is 3. The molecule has 6 nitrogen and oxygen atoms in total. The van der Waals surface area contributed by atoms with E-state index < -0.39 is 23.5 Å². The monoisotopic (exact) mass is 214 g/mol. The summed E-state index contributed by atoms with van der Waals surface area (Å²) >= 11 is 0. The topological polar surface area (TPSA) is 86.7 Å². The molecule has 0 aromatic rings. The van der Waals surface area contributed by atoms with Crippen molar-refractivity contribution in [1.82, 2.24) is 10.2 Å². The van der Waals surface area contributed by atoms with Crippen LogP contribution in [0.3, 0.4) is 0 Å². The Morgan fingerprint density at radius 2 is 2.07 bits per heavy atom. The number of imide groups is 1. The molecular weight excluding hydrogens is 200 g/mol. The molecule has 0 radical (unpaired) electrons. The van der Waals surface area contributed by atoms with Crippen molar-refractivity contribution in [2.45, 2.75) is 31.8 Å². The molecule has 84 valence electrons. The molecule has 1 saturated heterocycles. The molecule has 0 saturated carbocycles. The Kier molecular flexibility index (Phi) is 2.81. The molecule has 15 heavy (non-hydrogen) atoms. The summed E-state index contributed by atoms with van der Waals surface area (Å²) in [6.07, 6.45) is 0.0199. The van der Waals surface area contributed by atoms with Gasteiger partial charge in [-0.25, -0.2) is 0 Å². The smallest absolute Gasteiger partial charge is 0.323 e. The van der Waals surface area contributed by atoms with Gasteiger partial charge in [-0.15, -0.1) is 0 Å². The molecule has 1 rings (SSSR count). The van der Waals surface area contributed by atoms with E-state index in [1.807, 2.05) is 0 Å². The van der Waals surface area contributed by atoms with Gasteiger partial charge < -0.3 is 5.11 Å². The third-order valence-electron chi connectivity index (χ3n) is 2.82. The van der Waals surface area contributed by atoms with Gasteiger partial charge in [-0.2, -0.15) is 0 Å². The van der Waals surface area contributed by atoms with Gasteiger partial charge in [-0.1, -0.05) is 0 Å². The Morgan fingerprint density at radius 1 is 1.53 bits per heavy atom. The van der Waals surface area contributed by atoms with Crippen molar-refractivity contribution in [2.75, 3.05) is 7.05 Å². The fourth-order valence-electron chi connectivity index (χ4n) is 1.39. The van der Waals surface area contributed by atoms with Gasteiger partial charge in [0.15, 0.2) is 0 Å². The number of carboxylic acid groups (broad SMARTS) is 1. The van der Waals surface area contributed by atoms with Gasteiger partial charge in [0.2, 0.25) is 11.8 Å². The molecule has 2 amide bonds. The van der Waals surface area contributed by atoms with Crippen molar-refractivity contribution in [1.29, 1.82) is 0 Å². The van der Waals surface area contributed by atoms with Gasteiger partial charge in [-0.3, -0.25) is 24.6 Å². The van der Waals surface area contributed by atoms with Crippen LogP contribution in [0.5, 0.6) is 0 Å². The van der Waals surface area contributed by atoms with Crippen molar-refractivity contribution < 1.29 is 19.5 Å². The second kappa shape index (κ2) is 3.62. The summed E-state index contributed by atoms with van der Waals surface area (Å²) in [6.45, 7) is 2.98. The highest BCUT2D eigenvalue weighted by Crippen LogP contribution is 2.20. The number of carbonyl (C=O) groups excluding carboxylic acids is 2. The number of nitrogens with one attached hydrogen (secondary N) is 1. The van der Waals surface area contributed by atoms with E-state index >= 15 is 0 Å². The number of nitrogens with zero attached hydrogens (tertiary/aromatic N) is 1. The van der Waals surface area contributed by atoms with Gasteiger partial charge in [0.1, 0.15) is 5.54 Å². The number of rotatable bonds is 3. The van der Waals surface area contributed by atoms with Gasteiger partial charge in [0, 0.05) is 0 Å². The minimum Gasteiger partial charge on any atom is -0.480 e. The molecule has 0 bridgehead atoms. The van der Waals surface area contributed by atoms with Crippen LogP contribution in [-0.4, -0.2) is 46.4 Å². The highest BCUT2D eigenvalue weighted by Gasteiger charge is 2.43. The average Bonchev–Trinajstić information content (AvgIpc) is 2.43. The third-order valence-corrected chi connectivity index (χ3v) is 2.82. The van der Waals surface area contributed by atoms with E-state index in [-0.39, 0.29) is 12.3 Å². The molecule has 0 aromatic carbocycles. The number of carboxylic acids is 1. The summed E-state index contributed by atoms with van der Waals surface area (Å²) < 4.78 is 0. The molecule has 0 aromatic heterocycles. The normalized spacial score (nSPS) is 22.0. The van der Waals surface area contributed by atoms with Gasteiger partial charge in [-0.05, 0) is 20.9 Å². The number of likely N-dealkylation sites (N-methyl/N-ethyl adjacent to an activating group) is 1. The van der Waals surface area contributed by atoms with E-state index in [1.54, 1.807) is 0 Å². The highest BCUT2D eigenvalue weighted by atomic mass is 16.4. The Morgan fingerprint density at radius 3 is 2.40 bits per heavy atom. The van der Waals surface area contributed by atoms with Crippen molar-refractivity contribution >= 4 is 17.8 Å². The lowest BCUT2D eigenvalue weighted by atomic mass is 10.0. The number of amides is 2. The molecule has 1 atom stereocenters. The predicted molar refractivity (Wildman–Crippen MR) is 51.0 cm³/mol. The molecule has 1 heterocycles. The standard InChI is InChI=1S/C9H14N2O4/c1-9(2,8(14)15)11(3)5-4-6(12)10-7(5)13/h5H,4H2,1-3H3,(H,14,15)(H,10,12,13). The zero-order valence-corrected chi connectivity index (χ0v) is 8.90. The Labute approximate surface area is 87.2 Å². The van der Waals surface area contributed by atoms with Gasteiger partial charge in [0.05, 0.1) is 12.5 Å². The first-order valence-electron chi connectivity index (χ1n) is 4.57. The van der Waals surface area contributed by atoms with E-state index in [0.29, 0.717) is 0 Å². The quantitative estimate of drug-likeness (QED) is 0.600. The maximum absolute atomic E-state index is 11.3. The first-order valence-corrected chi connectivity index (χ1v) is 4.57. The molecule has 6 heteroatoms. The molecule has 2 N–H and O–H groups in total. The fraction of sp³-hybridized carbons (Fsp3) is 0.667. The van der Waals surface area contributed by atoms with Crippen molar-refractivity contribution in [2.24, 2.45) is 0 Å². The largest absolute Gasteiger partial charge is 0.480 e. The minimum atomic E-state index is -1.17. The maximum atomic E-state index is 11.3. The van der Waals surface area contributed by atoms with Crippen molar-refractivity contribution in [3.63, 3.8) is 0 Å². The second-order valence-corrected chi connectivity index (χ2v) is 4.11. The van der Waals surface area contributed by atoms with E-state index in [4.69, 9.17) is 5.11 Å². The van der Waals surface area contributed by atoms with E-state index in [1.165, 1.54) is 25.8 Å². The zero-order chi connectivity index (χ0) is 11.8. The summed E-state index contributed by atoms with van der Waals surface area (Å²) in [5.41, 5.74) is -1.17. The number of hydrogen-bond acceptors (Lipinski definition) is 4. The molecule has 1 fully saturated rings. The molecule has 0 spiro atoms. The van der Waals surface area contributed by atoms with Gasteiger partial charge in [0.25, 0.3) is 0 Å². The van der Waals surface area contributed by atoms with Crippen LogP contribution in [0.1, 0.15) is 20.3 Å². The molecule has 0 aliphatic carbocycles. The number of hydrogen-bond donors (Lipinski definition) is 2. The third kappa shape index (κ3) is 1.99. The molecular formula is C9H14N2O4. The Balaban J connectivity index is 2.85. The van der Waals surface area contributed by atoms with Crippen LogP contribution < -0.4 is 5.32 Å². The maximum Gasteiger partial charge on any atom is 0.323 e. The summed E-state index contributed by atoms with van der Waals surface area (Å²) in [7, 11) is 1.52. The van der Waals surface area contributed by atoms with Crippen LogP contribution in [0.15, 0.2) is 0 Å². The SMILES string of the molecule is CN(C1CC(=O)NC1=O)C(C)(C)C(=O)O. The molecule has 1 aliphatic rings. The van der Waals surface area contributed by atoms with Crippen LogP contribution in [-0.2, 0) is 14.4 Å². The zero-order valence-electron chi connectivity index (χ0n) is 8.90. The first kappa shape index (κ1) is 11.6. The Hall–Kier alpha value is -1.43. The van der Waals surface area contributed by atoms with Crippen molar-refractivity contribution in [3.8, 4) is 0 Å².